The molecule has 1 saturated heterocycles. The van der Waals surface area contributed by atoms with Crippen molar-refractivity contribution in [2.24, 2.45) is 34.0 Å². The topological polar surface area (TPSA) is 135 Å². The number of hydrogen-bond donors (Lipinski definition) is 0. The second kappa shape index (κ2) is 11.0. The van der Waals surface area contributed by atoms with Gasteiger partial charge in [0.05, 0.1) is 32.0 Å². The van der Waals surface area contributed by atoms with Crippen LogP contribution in [0.5, 0.6) is 0 Å². The van der Waals surface area contributed by atoms with E-state index in [1.54, 1.807) is 38.5 Å². The number of carbonyl (C=O) groups excluding carboxylic acids is 5. The molecule has 5 rings (SSSR count). The van der Waals surface area contributed by atoms with Crippen LogP contribution in [0.4, 0.5) is 0 Å². The molecule has 0 aromatic carbocycles. The van der Waals surface area contributed by atoms with Gasteiger partial charge in [-0.2, -0.15) is 0 Å². The molecular formula is C34H42O10. The number of ketones is 1. The minimum absolute atomic E-state index is 0.0637. The monoisotopic (exact) mass is 610 g/mol. The van der Waals surface area contributed by atoms with Gasteiger partial charge >= 0.3 is 23.9 Å². The maximum Gasteiger partial charge on any atom is 0.347 e. The lowest BCUT2D eigenvalue weighted by Crippen LogP contribution is -2.70. The molecule has 0 radical (unpaired) electrons. The summed E-state index contributed by atoms with van der Waals surface area (Å²) in [6.07, 6.45) is 3.34. The largest absolute Gasteiger partial charge is 0.472 e. The highest BCUT2D eigenvalue weighted by atomic mass is 16.6. The average Bonchev–Trinajstić information content (AvgIpc) is 3.50. The Bertz CT molecular complexity index is 1450. The van der Waals surface area contributed by atoms with Crippen LogP contribution in [0.25, 0.3) is 0 Å². The van der Waals surface area contributed by atoms with Gasteiger partial charge in [-0.3, -0.25) is 14.4 Å². The smallest absolute Gasteiger partial charge is 0.347 e. The standard InChI is InChI=1S/C34H42O10/c1-9-17(2)30(38)44-29-21-14-20-22(10-12-33(6)23(20)15-24(36)43-28(33)19-11-13-41-16-19)34(7,27(21)37)26(32(29,4)5)25(31(39)40-8)42-18(3)35/h9,11,13,16,21-22,25-26,28-29H,10,12,14-15H2,1-8H3/t21-,22+,25-,26+,28+,29-,33-,34-/m1/s1. The Morgan fingerprint density at radius 2 is 1.82 bits per heavy atom. The zero-order valence-electron chi connectivity index (χ0n) is 26.7. The van der Waals surface area contributed by atoms with Crippen LogP contribution in [0.3, 0.4) is 0 Å². The van der Waals surface area contributed by atoms with Crippen molar-refractivity contribution in [2.75, 3.05) is 7.11 Å². The normalized spacial score (nSPS) is 35.1. The van der Waals surface area contributed by atoms with Gasteiger partial charge in [0.15, 0.2) is 0 Å². The Balaban J connectivity index is 1.74. The van der Waals surface area contributed by atoms with E-state index in [0.717, 1.165) is 16.7 Å². The number of carbonyl (C=O) groups is 5. The second-order valence-corrected chi connectivity index (χ2v) is 13.7. The highest BCUT2D eigenvalue weighted by Crippen LogP contribution is 2.68. The number of methoxy groups -OCH3 is 1. The summed E-state index contributed by atoms with van der Waals surface area (Å²) >= 11 is 0. The molecule has 4 aliphatic rings. The molecule has 2 bridgehead atoms. The van der Waals surface area contributed by atoms with Crippen LogP contribution in [0.1, 0.15) is 85.8 Å². The van der Waals surface area contributed by atoms with Crippen molar-refractivity contribution in [3.05, 3.63) is 47.0 Å². The molecule has 1 aliphatic heterocycles. The molecule has 3 aliphatic carbocycles. The first-order valence-corrected chi connectivity index (χ1v) is 15.2. The molecule has 238 valence electrons. The minimum atomic E-state index is -1.43. The van der Waals surface area contributed by atoms with Crippen molar-refractivity contribution >= 4 is 29.7 Å². The van der Waals surface area contributed by atoms with E-state index >= 15 is 0 Å². The van der Waals surface area contributed by atoms with E-state index < -0.39 is 64.3 Å². The van der Waals surface area contributed by atoms with E-state index in [1.807, 2.05) is 20.8 Å². The van der Waals surface area contributed by atoms with Gasteiger partial charge < -0.3 is 23.4 Å². The number of Topliss-reactive ketones (excluding diaryl/α,β-unsaturated/α-hetero) is 1. The van der Waals surface area contributed by atoms with Crippen LogP contribution in [0.2, 0.25) is 0 Å². The van der Waals surface area contributed by atoms with E-state index in [9.17, 15) is 24.0 Å². The van der Waals surface area contributed by atoms with Gasteiger partial charge in [-0.25, -0.2) is 9.59 Å². The third-order valence-corrected chi connectivity index (χ3v) is 11.0. The molecule has 10 nitrogen and oxygen atoms in total. The predicted octanol–water partition coefficient (Wildman–Crippen LogP) is 5.21. The summed E-state index contributed by atoms with van der Waals surface area (Å²) in [5, 5.41) is 0. The lowest BCUT2D eigenvalue weighted by Gasteiger charge is -2.64. The molecule has 0 spiro atoms. The fraction of sp³-hybridized carbons (Fsp3) is 0.618. The third kappa shape index (κ3) is 4.63. The molecule has 44 heavy (non-hydrogen) atoms. The Labute approximate surface area is 257 Å². The van der Waals surface area contributed by atoms with Crippen molar-refractivity contribution < 1.29 is 47.3 Å². The van der Waals surface area contributed by atoms with E-state index in [2.05, 4.69) is 6.92 Å². The van der Waals surface area contributed by atoms with Crippen molar-refractivity contribution in [1.82, 2.24) is 0 Å². The number of furan rings is 1. The van der Waals surface area contributed by atoms with Crippen molar-refractivity contribution in [2.45, 2.75) is 92.5 Å². The van der Waals surface area contributed by atoms with Gasteiger partial charge in [-0.05, 0) is 50.7 Å². The third-order valence-electron chi connectivity index (χ3n) is 11.0. The number of rotatable bonds is 6. The molecular weight excluding hydrogens is 568 g/mol. The fourth-order valence-corrected chi connectivity index (χ4v) is 8.98. The van der Waals surface area contributed by atoms with E-state index in [1.165, 1.54) is 14.0 Å². The van der Waals surface area contributed by atoms with Crippen LogP contribution < -0.4 is 0 Å². The highest BCUT2D eigenvalue weighted by molar-refractivity contribution is 5.94. The van der Waals surface area contributed by atoms with E-state index in [-0.39, 0.29) is 24.1 Å². The molecule has 1 aromatic heterocycles. The Morgan fingerprint density at radius 1 is 1.11 bits per heavy atom. The fourth-order valence-electron chi connectivity index (χ4n) is 8.98. The molecule has 3 fully saturated rings. The molecule has 2 saturated carbocycles. The van der Waals surface area contributed by atoms with Crippen LogP contribution in [0, 0.1) is 34.0 Å². The summed E-state index contributed by atoms with van der Waals surface area (Å²) in [7, 11) is 1.21. The highest BCUT2D eigenvalue weighted by Gasteiger charge is 2.71. The summed E-state index contributed by atoms with van der Waals surface area (Å²) in [4.78, 5) is 66.9. The molecule has 0 N–H and O–H groups in total. The van der Waals surface area contributed by atoms with Crippen molar-refractivity contribution in [3.8, 4) is 0 Å². The molecule has 8 atom stereocenters. The van der Waals surface area contributed by atoms with Crippen LogP contribution >= 0.6 is 0 Å². The summed E-state index contributed by atoms with van der Waals surface area (Å²) in [5.74, 6) is -4.60. The van der Waals surface area contributed by atoms with Gasteiger partial charge in [-0.15, -0.1) is 0 Å². The summed E-state index contributed by atoms with van der Waals surface area (Å²) in [6.45, 7) is 12.2. The molecule has 2 heterocycles. The number of cyclic esters (lactones) is 1. The van der Waals surface area contributed by atoms with E-state index in [0.29, 0.717) is 24.8 Å². The van der Waals surface area contributed by atoms with Gasteiger partial charge in [0.1, 0.15) is 18.0 Å². The zero-order chi connectivity index (χ0) is 32.4. The first-order valence-electron chi connectivity index (χ1n) is 15.2. The Hall–Kier alpha value is -3.69. The zero-order valence-corrected chi connectivity index (χ0v) is 26.7. The lowest BCUT2D eigenvalue weighted by atomic mass is 9.40. The van der Waals surface area contributed by atoms with E-state index in [4.69, 9.17) is 23.4 Å². The number of allylic oxidation sites excluding steroid dienone is 2. The number of ether oxygens (including phenoxy) is 4. The number of fused-ring (bicyclic) bond motifs is 5. The second-order valence-electron chi connectivity index (χ2n) is 13.7. The van der Waals surface area contributed by atoms with Gasteiger partial charge in [0.25, 0.3) is 0 Å². The predicted molar refractivity (Wildman–Crippen MR) is 155 cm³/mol. The number of hydrogen-bond acceptors (Lipinski definition) is 10. The maximum atomic E-state index is 14.7. The first-order chi connectivity index (χ1) is 20.6. The minimum Gasteiger partial charge on any atom is -0.472 e. The first kappa shape index (κ1) is 31.7. The molecule has 0 amide bonds. The summed E-state index contributed by atoms with van der Waals surface area (Å²) < 4.78 is 28.2. The SMILES string of the molecule is CC=C(C)C(=O)O[C@@H]1[C@@H]2CC3=C4CC(=O)O[C@@H](c5ccoc5)[C@]4(C)CC[C@@H]3[C@@](C)(C2=O)[C@@H]([C@@H](OC(C)=O)C(=O)OC)C1(C)C. The van der Waals surface area contributed by atoms with Crippen LogP contribution in [-0.4, -0.2) is 49.0 Å². The Kier molecular flexibility index (Phi) is 7.96. The van der Waals surface area contributed by atoms with Crippen LogP contribution in [-0.2, 0) is 42.9 Å². The molecule has 0 unspecified atom stereocenters. The van der Waals surface area contributed by atoms with Gasteiger partial charge in [-0.1, -0.05) is 39.3 Å². The Morgan fingerprint density at radius 3 is 2.41 bits per heavy atom. The average molecular weight is 611 g/mol. The number of esters is 4. The van der Waals surface area contributed by atoms with Crippen molar-refractivity contribution in [1.29, 1.82) is 0 Å². The van der Waals surface area contributed by atoms with Crippen molar-refractivity contribution in [3.63, 3.8) is 0 Å². The maximum absolute atomic E-state index is 14.7. The lowest BCUT2D eigenvalue weighted by molar-refractivity contribution is -0.217. The molecule has 1 aromatic rings. The van der Waals surface area contributed by atoms with Crippen LogP contribution in [0.15, 0.2) is 45.8 Å². The quantitative estimate of drug-likeness (QED) is 0.183. The summed E-state index contributed by atoms with van der Waals surface area (Å²) in [5.41, 5.74) is 0.209. The molecule has 10 heteroatoms. The van der Waals surface area contributed by atoms with Gasteiger partial charge in [0.2, 0.25) is 6.10 Å². The summed E-state index contributed by atoms with van der Waals surface area (Å²) in [6, 6.07) is 1.79. The van der Waals surface area contributed by atoms with Gasteiger partial charge in [0, 0.05) is 40.2 Å².